The van der Waals surface area contributed by atoms with Crippen LogP contribution in [0.3, 0.4) is 0 Å². The first-order valence-corrected chi connectivity index (χ1v) is 8.12. The van der Waals surface area contributed by atoms with Crippen molar-refractivity contribution in [3.05, 3.63) is 59.7 Å². The third kappa shape index (κ3) is 4.75. The summed E-state index contributed by atoms with van der Waals surface area (Å²) in [4.78, 5) is 12.7. The predicted octanol–water partition coefficient (Wildman–Crippen LogP) is 4.22. The van der Waals surface area contributed by atoms with Crippen LogP contribution in [0.4, 0.5) is 0 Å². The van der Waals surface area contributed by atoms with Crippen LogP contribution in [0.1, 0.15) is 42.2 Å². The van der Waals surface area contributed by atoms with Crippen molar-refractivity contribution in [2.75, 3.05) is 14.2 Å². The van der Waals surface area contributed by atoms with Crippen LogP contribution in [0.2, 0.25) is 0 Å². The van der Waals surface area contributed by atoms with Gasteiger partial charge in [0.2, 0.25) is 0 Å². The van der Waals surface area contributed by atoms with E-state index in [1.165, 1.54) is 0 Å². The van der Waals surface area contributed by atoms with E-state index in [1.54, 1.807) is 32.4 Å². The van der Waals surface area contributed by atoms with Crippen molar-refractivity contribution < 1.29 is 14.3 Å². The van der Waals surface area contributed by atoms with Crippen LogP contribution in [0.15, 0.2) is 48.5 Å². The van der Waals surface area contributed by atoms with E-state index in [4.69, 9.17) is 9.47 Å². The van der Waals surface area contributed by atoms with Gasteiger partial charge in [-0.15, -0.1) is 0 Å². The Kier molecular flexibility index (Phi) is 6.24. The molecule has 0 radical (unpaired) electrons. The zero-order chi connectivity index (χ0) is 17.5. The average Bonchev–Trinajstić information content (AvgIpc) is 2.60. The molecule has 1 N–H and O–H groups in total. The lowest BCUT2D eigenvalue weighted by Gasteiger charge is -2.21. The molecule has 4 heteroatoms. The monoisotopic (exact) mass is 327 g/mol. The lowest BCUT2D eigenvalue weighted by atomic mass is 9.96. The van der Waals surface area contributed by atoms with Crippen molar-refractivity contribution in [1.82, 2.24) is 5.32 Å². The molecule has 0 aliphatic carbocycles. The molecule has 24 heavy (non-hydrogen) atoms. The third-order valence-corrected chi connectivity index (χ3v) is 3.83. The Balaban J connectivity index is 2.24. The van der Waals surface area contributed by atoms with E-state index in [1.807, 2.05) is 30.3 Å². The van der Waals surface area contributed by atoms with E-state index in [-0.39, 0.29) is 11.9 Å². The normalized spacial score (nSPS) is 11.9. The molecule has 0 fully saturated rings. The maximum atomic E-state index is 12.7. The molecular formula is C20H25NO3. The van der Waals surface area contributed by atoms with E-state index >= 15 is 0 Å². The molecule has 0 aliphatic rings. The number of methoxy groups -OCH3 is 2. The molecule has 0 bridgehead atoms. The highest BCUT2D eigenvalue weighted by Gasteiger charge is 2.18. The zero-order valence-corrected chi connectivity index (χ0v) is 14.7. The van der Waals surface area contributed by atoms with Gasteiger partial charge >= 0.3 is 0 Å². The molecular weight excluding hydrogens is 302 g/mol. The Morgan fingerprint density at radius 1 is 1.00 bits per heavy atom. The third-order valence-electron chi connectivity index (χ3n) is 3.83. The summed E-state index contributed by atoms with van der Waals surface area (Å²) in [6.07, 6.45) is 0.872. The second-order valence-corrected chi connectivity index (χ2v) is 6.17. The molecule has 4 nitrogen and oxygen atoms in total. The Hall–Kier alpha value is -2.49. The maximum Gasteiger partial charge on any atom is 0.252 e. The molecule has 0 saturated carbocycles. The van der Waals surface area contributed by atoms with Crippen LogP contribution in [0.25, 0.3) is 0 Å². The molecule has 0 aliphatic heterocycles. The number of hydrogen-bond donors (Lipinski definition) is 1. The Morgan fingerprint density at radius 2 is 1.58 bits per heavy atom. The molecule has 0 spiro atoms. The molecule has 128 valence electrons. The summed E-state index contributed by atoms with van der Waals surface area (Å²) < 4.78 is 10.5. The number of benzene rings is 2. The highest BCUT2D eigenvalue weighted by Crippen LogP contribution is 2.25. The lowest BCUT2D eigenvalue weighted by Crippen LogP contribution is -2.29. The van der Waals surface area contributed by atoms with Gasteiger partial charge in [-0.2, -0.15) is 0 Å². The number of nitrogens with one attached hydrogen (secondary N) is 1. The first-order chi connectivity index (χ1) is 11.5. The van der Waals surface area contributed by atoms with E-state index in [0.717, 1.165) is 12.0 Å². The van der Waals surface area contributed by atoms with Crippen molar-refractivity contribution in [1.29, 1.82) is 0 Å². The number of rotatable bonds is 7. The number of ether oxygens (including phenoxy) is 2. The number of hydrogen-bond acceptors (Lipinski definition) is 3. The number of carbonyl (C=O) groups is 1. The molecule has 2 aromatic rings. The fourth-order valence-electron chi connectivity index (χ4n) is 2.62. The summed E-state index contributed by atoms with van der Waals surface area (Å²) >= 11 is 0. The van der Waals surface area contributed by atoms with E-state index in [9.17, 15) is 4.79 Å². The van der Waals surface area contributed by atoms with E-state index < -0.39 is 0 Å². The molecule has 1 atom stereocenters. The topological polar surface area (TPSA) is 47.6 Å². The second-order valence-electron chi connectivity index (χ2n) is 6.17. The van der Waals surface area contributed by atoms with Crippen LogP contribution in [-0.4, -0.2) is 20.1 Å². The summed E-state index contributed by atoms with van der Waals surface area (Å²) in [7, 11) is 3.14. The minimum atomic E-state index is -0.137. The highest BCUT2D eigenvalue weighted by molar-refractivity contribution is 5.95. The van der Waals surface area contributed by atoms with Crippen molar-refractivity contribution in [2.45, 2.75) is 26.3 Å². The van der Waals surface area contributed by atoms with Crippen molar-refractivity contribution in [3.8, 4) is 11.5 Å². The molecule has 0 saturated heterocycles. The second kappa shape index (κ2) is 8.39. The summed E-state index contributed by atoms with van der Waals surface area (Å²) in [6.45, 7) is 4.30. The largest absolute Gasteiger partial charge is 0.497 e. The molecule has 1 amide bonds. The van der Waals surface area contributed by atoms with Gasteiger partial charge in [0.1, 0.15) is 11.5 Å². The van der Waals surface area contributed by atoms with Crippen LogP contribution in [-0.2, 0) is 0 Å². The molecule has 0 heterocycles. The van der Waals surface area contributed by atoms with Gasteiger partial charge in [-0.1, -0.05) is 44.2 Å². The number of amides is 1. The van der Waals surface area contributed by atoms with Gasteiger partial charge in [-0.25, -0.2) is 0 Å². The number of carbonyl (C=O) groups excluding carboxylic acids is 1. The van der Waals surface area contributed by atoms with Gasteiger partial charge in [0.15, 0.2) is 0 Å². The van der Waals surface area contributed by atoms with E-state index in [2.05, 4.69) is 19.2 Å². The van der Waals surface area contributed by atoms with Gasteiger partial charge in [-0.3, -0.25) is 4.79 Å². The van der Waals surface area contributed by atoms with Gasteiger partial charge in [0.25, 0.3) is 5.91 Å². The molecule has 2 rings (SSSR count). The van der Waals surface area contributed by atoms with Crippen LogP contribution < -0.4 is 14.8 Å². The fourth-order valence-corrected chi connectivity index (χ4v) is 2.62. The summed E-state index contributed by atoms with van der Waals surface area (Å²) in [5.41, 5.74) is 1.63. The SMILES string of the molecule is COc1cc(OC)cc(C(=O)NC(CC(C)C)c2ccccc2)c1. The Labute approximate surface area is 143 Å². The van der Waals surface area contributed by atoms with Crippen molar-refractivity contribution >= 4 is 5.91 Å². The van der Waals surface area contributed by atoms with Crippen molar-refractivity contribution in [2.24, 2.45) is 5.92 Å². The first-order valence-electron chi connectivity index (χ1n) is 8.12. The van der Waals surface area contributed by atoms with Gasteiger partial charge in [-0.05, 0) is 30.0 Å². The van der Waals surface area contributed by atoms with Crippen LogP contribution in [0, 0.1) is 5.92 Å². The van der Waals surface area contributed by atoms with Gasteiger partial charge < -0.3 is 14.8 Å². The van der Waals surface area contributed by atoms with E-state index in [0.29, 0.717) is 23.0 Å². The zero-order valence-electron chi connectivity index (χ0n) is 14.7. The van der Waals surface area contributed by atoms with Crippen LogP contribution >= 0.6 is 0 Å². The minimum Gasteiger partial charge on any atom is -0.497 e. The fraction of sp³-hybridized carbons (Fsp3) is 0.350. The van der Waals surface area contributed by atoms with Gasteiger partial charge in [0.05, 0.1) is 20.3 Å². The Morgan fingerprint density at radius 3 is 2.08 bits per heavy atom. The summed E-state index contributed by atoms with van der Waals surface area (Å²) in [6, 6.07) is 15.2. The van der Waals surface area contributed by atoms with Crippen LogP contribution in [0.5, 0.6) is 11.5 Å². The molecule has 1 unspecified atom stereocenters. The molecule has 2 aromatic carbocycles. The first kappa shape index (κ1) is 17.9. The average molecular weight is 327 g/mol. The predicted molar refractivity (Wildman–Crippen MR) is 95.7 cm³/mol. The lowest BCUT2D eigenvalue weighted by molar-refractivity contribution is 0.0931. The summed E-state index contributed by atoms with van der Waals surface area (Å²) in [5, 5.41) is 3.13. The summed E-state index contributed by atoms with van der Waals surface area (Å²) in [5.74, 6) is 1.52. The quantitative estimate of drug-likeness (QED) is 0.828. The van der Waals surface area contributed by atoms with Crippen molar-refractivity contribution in [3.63, 3.8) is 0 Å². The minimum absolute atomic E-state index is 0.0316. The van der Waals surface area contributed by atoms with Gasteiger partial charge in [0, 0.05) is 11.6 Å². The smallest absolute Gasteiger partial charge is 0.252 e. The highest BCUT2D eigenvalue weighted by atomic mass is 16.5. The molecule has 0 aromatic heterocycles. The maximum absolute atomic E-state index is 12.7. The Bertz CT molecular complexity index is 646. The standard InChI is InChI=1S/C20H25NO3/c1-14(2)10-19(15-8-6-5-7-9-15)21-20(22)16-11-17(23-3)13-18(12-16)24-4/h5-9,11-14,19H,10H2,1-4H3,(H,21,22).